The molecule has 0 saturated carbocycles. The Morgan fingerprint density at radius 2 is 1.85 bits per heavy atom. The SMILES string of the molecule is CCOC(=O)c1ccc(NC(=O)CN2CCC(c3nn(CCOC)c(=O)n3CC)CC2)cc1. The fraction of sp³-hybridized carbons (Fsp3) is 0.565. The fourth-order valence-corrected chi connectivity index (χ4v) is 4.04. The quantitative estimate of drug-likeness (QED) is 0.539. The average molecular weight is 460 g/mol. The van der Waals surface area contributed by atoms with Crippen molar-refractivity contribution in [3.05, 3.63) is 46.1 Å². The van der Waals surface area contributed by atoms with Crippen LogP contribution in [-0.2, 0) is 27.4 Å². The standard InChI is InChI=1S/C23H33N5O5/c1-4-27-21(25-28(23(27)31)14-15-32-3)17-10-12-26(13-11-17)16-20(29)24-19-8-6-18(7-9-19)22(30)33-5-2/h6-9,17H,4-5,10-16H2,1-3H3,(H,24,29). The van der Waals surface area contributed by atoms with E-state index in [-0.39, 0.29) is 30.0 Å². The number of carbonyl (C=O) groups is 2. The van der Waals surface area contributed by atoms with Crippen LogP contribution >= 0.6 is 0 Å². The van der Waals surface area contributed by atoms with Gasteiger partial charge in [0.25, 0.3) is 0 Å². The Kier molecular flexibility index (Phi) is 8.79. The van der Waals surface area contributed by atoms with Crippen LogP contribution in [0.1, 0.15) is 48.8 Å². The third kappa shape index (κ3) is 6.29. The van der Waals surface area contributed by atoms with Gasteiger partial charge in [-0.2, -0.15) is 5.10 Å². The number of hydrogen-bond donors (Lipinski definition) is 1. The van der Waals surface area contributed by atoms with Crippen molar-refractivity contribution in [2.45, 2.75) is 45.7 Å². The molecule has 1 saturated heterocycles. The topological polar surface area (TPSA) is 108 Å². The van der Waals surface area contributed by atoms with Gasteiger partial charge in [-0.15, -0.1) is 0 Å². The third-order valence-corrected chi connectivity index (χ3v) is 5.77. The maximum Gasteiger partial charge on any atom is 0.345 e. The number of amides is 1. The molecule has 3 rings (SSSR count). The predicted molar refractivity (Wildman–Crippen MR) is 123 cm³/mol. The van der Waals surface area contributed by atoms with E-state index in [2.05, 4.69) is 15.3 Å². The highest BCUT2D eigenvalue weighted by atomic mass is 16.5. The summed E-state index contributed by atoms with van der Waals surface area (Å²) in [6, 6.07) is 6.66. The lowest BCUT2D eigenvalue weighted by Crippen LogP contribution is -2.39. The van der Waals surface area contributed by atoms with E-state index in [1.165, 1.54) is 4.68 Å². The number of ether oxygens (including phenoxy) is 2. The molecule has 10 heteroatoms. The Labute approximate surface area is 193 Å². The molecule has 33 heavy (non-hydrogen) atoms. The van der Waals surface area contributed by atoms with E-state index >= 15 is 0 Å². The summed E-state index contributed by atoms with van der Waals surface area (Å²) < 4.78 is 13.3. The Balaban J connectivity index is 1.52. The van der Waals surface area contributed by atoms with E-state index in [0.717, 1.165) is 31.8 Å². The maximum atomic E-state index is 12.6. The minimum Gasteiger partial charge on any atom is -0.462 e. The molecule has 180 valence electrons. The molecule has 0 radical (unpaired) electrons. The summed E-state index contributed by atoms with van der Waals surface area (Å²) in [6.45, 7) is 7.29. The van der Waals surface area contributed by atoms with Gasteiger partial charge in [0.15, 0.2) is 0 Å². The first-order valence-electron chi connectivity index (χ1n) is 11.4. The highest BCUT2D eigenvalue weighted by Gasteiger charge is 2.27. The molecule has 10 nitrogen and oxygen atoms in total. The first-order chi connectivity index (χ1) is 16.0. The van der Waals surface area contributed by atoms with Gasteiger partial charge in [-0.05, 0) is 64.0 Å². The number of piperidine rings is 1. The molecule has 2 aromatic rings. The molecule has 0 atom stereocenters. The minimum atomic E-state index is -0.379. The molecule has 1 fully saturated rings. The number of methoxy groups -OCH3 is 1. The van der Waals surface area contributed by atoms with Crippen LogP contribution in [0.4, 0.5) is 5.69 Å². The Hall–Kier alpha value is -2.98. The van der Waals surface area contributed by atoms with Gasteiger partial charge >= 0.3 is 11.7 Å². The second-order valence-electron chi connectivity index (χ2n) is 8.00. The second-order valence-corrected chi connectivity index (χ2v) is 8.00. The van der Waals surface area contributed by atoms with Crippen LogP contribution < -0.4 is 11.0 Å². The van der Waals surface area contributed by atoms with Crippen LogP contribution in [0.25, 0.3) is 0 Å². The highest BCUT2D eigenvalue weighted by molar-refractivity contribution is 5.94. The number of benzene rings is 1. The normalized spacial score (nSPS) is 14.9. The lowest BCUT2D eigenvalue weighted by atomic mass is 9.96. The third-order valence-electron chi connectivity index (χ3n) is 5.77. The molecular formula is C23H33N5O5. The van der Waals surface area contributed by atoms with Crippen LogP contribution in [0.15, 0.2) is 29.1 Å². The molecule has 0 aliphatic carbocycles. The molecule has 1 aromatic heterocycles. The van der Waals surface area contributed by atoms with E-state index in [4.69, 9.17) is 9.47 Å². The molecular weight excluding hydrogens is 426 g/mol. The second kappa shape index (κ2) is 11.8. The summed E-state index contributed by atoms with van der Waals surface area (Å²) in [4.78, 5) is 38.9. The molecule has 1 aliphatic heterocycles. The number of nitrogens with zero attached hydrogens (tertiary/aromatic N) is 4. The average Bonchev–Trinajstić information content (AvgIpc) is 3.13. The summed E-state index contributed by atoms with van der Waals surface area (Å²) in [5.41, 5.74) is 0.990. The van der Waals surface area contributed by atoms with E-state index in [1.807, 2.05) is 6.92 Å². The summed E-state index contributed by atoms with van der Waals surface area (Å²) in [7, 11) is 1.60. The Bertz CT molecular complexity index is 990. The van der Waals surface area contributed by atoms with E-state index in [1.54, 1.807) is 42.9 Å². The van der Waals surface area contributed by atoms with Gasteiger partial charge in [-0.25, -0.2) is 14.3 Å². The van der Waals surface area contributed by atoms with Crippen molar-refractivity contribution < 1.29 is 19.1 Å². The number of rotatable bonds is 10. The molecule has 2 heterocycles. The van der Waals surface area contributed by atoms with Crippen LogP contribution in [0.5, 0.6) is 0 Å². The summed E-state index contributed by atoms with van der Waals surface area (Å²) in [5, 5.41) is 7.44. The van der Waals surface area contributed by atoms with Crippen molar-refractivity contribution in [1.29, 1.82) is 0 Å². The van der Waals surface area contributed by atoms with Crippen molar-refractivity contribution in [2.75, 3.05) is 45.3 Å². The number of likely N-dealkylation sites (tertiary alicyclic amines) is 1. The van der Waals surface area contributed by atoms with E-state index in [0.29, 0.717) is 37.6 Å². The zero-order valence-corrected chi connectivity index (χ0v) is 19.6. The summed E-state index contributed by atoms with van der Waals surface area (Å²) in [5.74, 6) is 0.530. The molecule has 1 N–H and O–H groups in total. The van der Waals surface area contributed by atoms with Crippen molar-refractivity contribution in [2.24, 2.45) is 0 Å². The van der Waals surface area contributed by atoms with Gasteiger partial charge in [-0.3, -0.25) is 14.3 Å². The molecule has 0 unspecified atom stereocenters. The summed E-state index contributed by atoms with van der Waals surface area (Å²) >= 11 is 0. The molecule has 1 aliphatic rings. The number of esters is 1. The molecule has 0 bridgehead atoms. The van der Waals surface area contributed by atoms with Crippen LogP contribution in [0.2, 0.25) is 0 Å². The predicted octanol–water partition coefficient (Wildman–Crippen LogP) is 1.71. The number of anilines is 1. The maximum absolute atomic E-state index is 12.6. The fourth-order valence-electron chi connectivity index (χ4n) is 4.04. The van der Waals surface area contributed by atoms with Crippen LogP contribution in [-0.4, -0.2) is 71.1 Å². The van der Waals surface area contributed by atoms with Crippen molar-refractivity contribution in [1.82, 2.24) is 19.2 Å². The Morgan fingerprint density at radius 1 is 1.15 bits per heavy atom. The van der Waals surface area contributed by atoms with E-state index in [9.17, 15) is 14.4 Å². The van der Waals surface area contributed by atoms with Crippen LogP contribution in [0, 0.1) is 0 Å². The van der Waals surface area contributed by atoms with Gasteiger partial charge < -0.3 is 14.8 Å². The molecule has 1 amide bonds. The summed E-state index contributed by atoms with van der Waals surface area (Å²) in [6.07, 6.45) is 1.67. The van der Waals surface area contributed by atoms with Gasteiger partial charge in [0.2, 0.25) is 5.91 Å². The smallest absolute Gasteiger partial charge is 0.345 e. The van der Waals surface area contributed by atoms with E-state index < -0.39 is 0 Å². The number of aromatic nitrogens is 3. The monoisotopic (exact) mass is 459 g/mol. The lowest BCUT2D eigenvalue weighted by molar-refractivity contribution is -0.117. The van der Waals surface area contributed by atoms with Gasteiger partial charge in [0, 0.05) is 25.3 Å². The van der Waals surface area contributed by atoms with Crippen LogP contribution in [0.3, 0.4) is 0 Å². The van der Waals surface area contributed by atoms with Gasteiger partial charge in [0.1, 0.15) is 5.82 Å². The Morgan fingerprint density at radius 3 is 2.45 bits per heavy atom. The highest BCUT2D eigenvalue weighted by Crippen LogP contribution is 2.26. The molecule has 1 aromatic carbocycles. The number of nitrogens with one attached hydrogen (secondary N) is 1. The first kappa shape index (κ1) is 24.7. The largest absolute Gasteiger partial charge is 0.462 e. The number of hydrogen-bond acceptors (Lipinski definition) is 7. The zero-order valence-electron chi connectivity index (χ0n) is 19.6. The van der Waals surface area contributed by atoms with Crippen molar-refractivity contribution >= 4 is 17.6 Å². The lowest BCUT2D eigenvalue weighted by Gasteiger charge is -2.30. The zero-order chi connectivity index (χ0) is 23.8. The van der Waals surface area contributed by atoms with Gasteiger partial charge in [0.05, 0.1) is 31.9 Å². The van der Waals surface area contributed by atoms with Gasteiger partial charge in [-0.1, -0.05) is 0 Å². The first-order valence-corrected chi connectivity index (χ1v) is 11.4. The molecule has 0 spiro atoms. The number of carbonyl (C=O) groups excluding carboxylic acids is 2. The van der Waals surface area contributed by atoms with Crippen molar-refractivity contribution in [3.8, 4) is 0 Å². The van der Waals surface area contributed by atoms with Crippen molar-refractivity contribution in [3.63, 3.8) is 0 Å². The minimum absolute atomic E-state index is 0.0969.